The number of fused-ring (bicyclic) bond motifs is 1. The van der Waals surface area contributed by atoms with E-state index in [0.29, 0.717) is 5.56 Å². The number of nitrogens with one attached hydrogen (secondary N) is 2. The van der Waals surface area contributed by atoms with Gasteiger partial charge < -0.3 is 10.2 Å². The molecule has 0 radical (unpaired) electrons. The number of hydrogen-bond donors (Lipinski definition) is 2. The number of aromatic amines is 1. The normalized spacial score (nSPS) is 17.6. The second-order valence-corrected chi connectivity index (χ2v) is 7.74. The molecule has 1 amide bonds. The number of carbonyl (C=O) groups excluding carboxylic acids is 1. The van der Waals surface area contributed by atoms with Crippen LogP contribution in [0.4, 0.5) is 5.13 Å². The summed E-state index contributed by atoms with van der Waals surface area (Å²) in [6.45, 7) is 3.88. The first-order chi connectivity index (χ1) is 12.7. The van der Waals surface area contributed by atoms with Gasteiger partial charge in [-0.05, 0) is 31.4 Å². The SMILES string of the molecule is CCCc1[nH]ncc1C(=O)NC1CCCN(c2nc3ccccc3s2)C1. The summed E-state index contributed by atoms with van der Waals surface area (Å²) in [6, 6.07) is 8.35. The van der Waals surface area contributed by atoms with E-state index in [0.717, 1.165) is 55.1 Å². The quantitative estimate of drug-likeness (QED) is 0.723. The number of aryl methyl sites for hydroxylation is 1. The molecule has 1 aromatic carbocycles. The highest BCUT2D eigenvalue weighted by Gasteiger charge is 2.25. The number of rotatable bonds is 5. The van der Waals surface area contributed by atoms with Crippen molar-refractivity contribution in [2.75, 3.05) is 18.0 Å². The number of benzene rings is 1. The van der Waals surface area contributed by atoms with Gasteiger partial charge in [-0.2, -0.15) is 5.10 Å². The van der Waals surface area contributed by atoms with Gasteiger partial charge >= 0.3 is 0 Å². The fourth-order valence-electron chi connectivity index (χ4n) is 3.48. The average Bonchev–Trinajstić information content (AvgIpc) is 3.29. The minimum absolute atomic E-state index is 0.0293. The molecule has 1 aliphatic heterocycles. The molecule has 1 aliphatic rings. The number of piperidine rings is 1. The van der Waals surface area contributed by atoms with Gasteiger partial charge in [0, 0.05) is 24.8 Å². The Morgan fingerprint density at radius 2 is 2.31 bits per heavy atom. The third-order valence-corrected chi connectivity index (χ3v) is 5.87. The number of carbonyl (C=O) groups is 1. The number of H-pyrrole nitrogens is 1. The Morgan fingerprint density at radius 3 is 3.15 bits per heavy atom. The van der Waals surface area contributed by atoms with E-state index in [1.54, 1.807) is 17.5 Å². The Bertz CT molecular complexity index is 869. The van der Waals surface area contributed by atoms with E-state index in [2.05, 4.69) is 33.4 Å². The summed E-state index contributed by atoms with van der Waals surface area (Å²) < 4.78 is 1.20. The van der Waals surface area contributed by atoms with E-state index in [1.165, 1.54) is 4.70 Å². The Hall–Kier alpha value is -2.41. The molecule has 4 rings (SSSR count). The topological polar surface area (TPSA) is 73.9 Å². The van der Waals surface area contributed by atoms with Gasteiger partial charge in [0.1, 0.15) is 0 Å². The average molecular weight is 369 g/mol. The van der Waals surface area contributed by atoms with Gasteiger partial charge in [-0.3, -0.25) is 9.89 Å². The van der Waals surface area contributed by atoms with Crippen molar-refractivity contribution < 1.29 is 4.79 Å². The van der Waals surface area contributed by atoms with Crippen LogP contribution in [0, 0.1) is 0 Å². The summed E-state index contributed by atoms with van der Waals surface area (Å²) in [6.07, 6.45) is 5.50. The lowest BCUT2D eigenvalue weighted by Gasteiger charge is -2.32. The fraction of sp³-hybridized carbons (Fsp3) is 0.421. The molecule has 6 nitrogen and oxygen atoms in total. The molecule has 2 N–H and O–H groups in total. The van der Waals surface area contributed by atoms with Crippen LogP contribution in [0.2, 0.25) is 0 Å². The smallest absolute Gasteiger partial charge is 0.255 e. The highest BCUT2D eigenvalue weighted by molar-refractivity contribution is 7.22. The van der Waals surface area contributed by atoms with Gasteiger partial charge in [-0.1, -0.05) is 36.8 Å². The van der Waals surface area contributed by atoms with Gasteiger partial charge in [-0.15, -0.1) is 0 Å². The predicted molar refractivity (Wildman–Crippen MR) is 105 cm³/mol. The van der Waals surface area contributed by atoms with Crippen molar-refractivity contribution in [1.82, 2.24) is 20.5 Å². The Labute approximate surface area is 156 Å². The van der Waals surface area contributed by atoms with Crippen LogP contribution >= 0.6 is 11.3 Å². The van der Waals surface area contributed by atoms with Crippen LogP contribution in [-0.4, -0.2) is 40.2 Å². The molecule has 0 aliphatic carbocycles. The van der Waals surface area contributed by atoms with Crippen molar-refractivity contribution in [1.29, 1.82) is 0 Å². The molecule has 2 aromatic heterocycles. The molecule has 0 spiro atoms. The van der Waals surface area contributed by atoms with E-state index in [-0.39, 0.29) is 11.9 Å². The van der Waals surface area contributed by atoms with E-state index in [1.807, 2.05) is 18.2 Å². The first-order valence-electron chi connectivity index (χ1n) is 9.18. The maximum absolute atomic E-state index is 12.7. The number of hydrogen-bond acceptors (Lipinski definition) is 5. The van der Waals surface area contributed by atoms with Gasteiger partial charge in [-0.25, -0.2) is 4.98 Å². The van der Waals surface area contributed by atoms with Gasteiger partial charge in [0.2, 0.25) is 0 Å². The molecule has 3 heterocycles. The highest BCUT2D eigenvalue weighted by atomic mass is 32.1. The van der Waals surface area contributed by atoms with Crippen LogP contribution in [0.5, 0.6) is 0 Å². The Kier molecular flexibility index (Phi) is 4.88. The lowest BCUT2D eigenvalue weighted by atomic mass is 10.1. The monoisotopic (exact) mass is 369 g/mol. The molecule has 0 saturated carbocycles. The second-order valence-electron chi connectivity index (χ2n) is 6.74. The number of anilines is 1. The van der Waals surface area contributed by atoms with Crippen molar-refractivity contribution in [3.8, 4) is 0 Å². The van der Waals surface area contributed by atoms with Gasteiger partial charge in [0.05, 0.1) is 22.0 Å². The van der Waals surface area contributed by atoms with Crippen molar-refractivity contribution >= 4 is 32.6 Å². The summed E-state index contributed by atoms with van der Waals surface area (Å²) in [7, 11) is 0. The second kappa shape index (κ2) is 7.45. The summed E-state index contributed by atoms with van der Waals surface area (Å²) >= 11 is 1.72. The lowest BCUT2D eigenvalue weighted by Crippen LogP contribution is -2.47. The van der Waals surface area contributed by atoms with Crippen LogP contribution < -0.4 is 10.2 Å². The molecule has 1 fully saturated rings. The molecular formula is C19H23N5OS. The maximum Gasteiger partial charge on any atom is 0.255 e. The number of aromatic nitrogens is 3. The Morgan fingerprint density at radius 1 is 1.42 bits per heavy atom. The van der Waals surface area contributed by atoms with Crippen molar-refractivity contribution in [2.45, 2.75) is 38.6 Å². The number of nitrogens with zero attached hydrogens (tertiary/aromatic N) is 3. The van der Waals surface area contributed by atoms with Crippen LogP contribution in [0.1, 0.15) is 42.2 Å². The zero-order valence-electron chi connectivity index (χ0n) is 14.9. The third kappa shape index (κ3) is 3.44. The number of thiazole rings is 1. The molecule has 0 bridgehead atoms. The summed E-state index contributed by atoms with van der Waals surface area (Å²) in [5, 5.41) is 11.2. The van der Waals surface area contributed by atoms with Gasteiger partial charge in [0.15, 0.2) is 5.13 Å². The minimum atomic E-state index is -0.0293. The number of para-hydroxylation sites is 1. The van der Waals surface area contributed by atoms with Gasteiger partial charge in [0.25, 0.3) is 5.91 Å². The molecule has 1 unspecified atom stereocenters. The van der Waals surface area contributed by atoms with Crippen LogP contribution in [0.3, 0.4) is 0 Å². The van der Waals surface area contributed by atoms with Crippen LogP contribution in [-0.2, 0) is 6.42 Å². The molecular weight excluding hydrogens is 346 g/mol. The summed E-state index contributed by atoms with van der Waals surface area (Å²) in [5.41, 5.74) is 2.63. The van der Waals surface area contributed by atoms with E-state index in [9.17, 15) is 4.79 Å². The van der Waals surface area contributed by atoms with Crippen molar-refractivity contribution in [3.05, 3.63) is 41.7 Å². The molecule has 1 saturated heterocycles. The van der Waals surface area contributed by atoms with Crippen LogP contribution in [0.25, 0.3) is 10.2 Å². The molecule has 1 atom stereocenters. The largest absolute Gasteiger partial charge is 0.347 e. The van der Waals surface area contributed by atoms with E-state index < -0.39 is 0 Å². The number of amides is 1. The molecule has 3 aromatic rings. The minimum Gasteiger partial charge on any atom is -0.347 e. The highest BCUT2D eigenvalue weighted by Crippen LogP contribution is 2.30. The first-order valence-corrected chi connectivity index (χ1v) is 10.00. The standard InChI is InChI=1S/C19H23N5OS/c1-2-6-15-14(11-20-23-15)18(25)21-13-7-5-10-24(12-13)19-22-16-8-3-4-9-17(16)26-19/h3-4,8-9,11,13H,2,5-7,10,12H2,1H3,(H,20,23)(H,21,25). The van der Waals surface area contributed by atoms with E-state index >= 15 is 0 Å². The van der Waals surface area contributed by atoms with Crippen molar-refractivity contribution in [2.24, 2.45) is 0 Å². The fourth-order valence-corrected chi connectivity index (χ4v) is 4.48. The zero-order valence-corrected chi connectivity index (χ0v) is 15.7. The molecule has 136 valence electrons. The van der Waals surface area contributed by atoms with Crippen molar-refractivity contribution in [3.63, 3.8) is 0 Å². The Balaban J connectivity index is 1.45. The summed E-state index contributed by atoms with van der Waals surface area (Å²) in [5.74, 6) is -0.0293. The predicted octanol–water partition coefficient (Wildman–Crippen LogP) is 3.37. The molecule has 26 heavy (non-hydrogen) atoms. The molecule has 7 heteroatoms. The zero-order chi connectivity index (χ0) is 17.9. The maximum atomic E-state index is 12.7. The summed E-state index contributed by atoms with van der Waals surface area (Å²) in [4.78, 5) is 19.7. The third-order valence-electron chi connectivity index (χ3n) is 4.77. The first kappa shape index (κ1) is 17.0. The lowest BCUT2D eigenvalue weighted by molar-refractivity contribution is 0.0932. The van der Waals surface area contributed by atoms with Crippen LogP contribution in [0.15, 0.2) is 30.5 Å². The van der Waals surface area contributed by atoms with E-state index in [4.69, 9.17) is 4.98 Å².